The minimum atomic E-state index is -3.63. The monoisotopic (exact) mass is 382 g/mol. The van der Waals surface area contributed by atoms with Crippen LogP contribution in [-0.2, 0) is 10.0 Å². The van der Waals surface area contributed by atoms with Crippen molar-refractivity contribution in [1.29, 1.82) is 0 Å². The van der Waals surface area contributed by atoms with Gasteiger partial charge in [-0.15, -0.1) is 0 Å². The zero-order valence-corrected chi connectivity index (χ0v) is 16.3. The van der Waals surface area contributed by atoms with Crippen LogP contribution in [0.3, 0.4) is 0 Å². The molecular formula is C21H22N2O3S. The Kier molecular flexibility index (Phi) is 5.37. The summed E-state index contributed by atoms with van der Waals surface area (Å²) < 4.78 is 33.2. The van der Waals surface area contributed by atoms with Crippen molar-refractivity contribution in [2.24, 2.45) is 0 Å². The molecule has 0 amide bonds. The molecule has 3 rings (SSSR count). The van der Waals surface area contributed by atoms with Crippen LogP contribution in [0.1, 0.15) is 11.1 Å². The highest BCUT2D eigenvalue weighted by molar-refractivity contribution is 7.92. The van der Waals surface area contributed by atoms with Crippen molar-refractivity contribution in [1.82, 2.24) is 0 Å². The molecule has 0 saturated carbocycles. The van der Waals surface area contributed by atoms with Crippen LogP contribution in [0.2, 0.25) is 0 Å². The van der Waals surface area contributed by atoms with Gasteiger partial charge in [-0.25, -0.2) is 8.42 Å². The molecule has 6 heteroatoms. The first kappa shape index (κ1) is 18.8. The van der Waals surface area contributed by atoms with Gasteiger partial charge >= 0.3 is 0 Å². The van der Waals surface area contributed by atoms with Gasteiger partial charge in [-0.1, -0.05) is 18.2 Å². The number of hydrogen-bond acceptors (Lipinski definition) is 4. The Morgan fingerprint density at radius 1 is 0.815 bits per heavy atom. The van der Waals surface area contributed by atoms with E-state index in [0.29, 0.717) is 16.1 Å². The zero-order chi connectivity index (χ0) is 19.4. The molecule has 140 valence electrons. The minimum Gasteiger partial charge on any atom is -0.497 e. The first-order valence-electron chi connectivity index (χ1n) is 8.48. The van der Waals surface area contributed by atoms with Crippen LogP contribution in [0.5, 0.6) is 5.75 Å². The van der Waals surface area contributed by atoms with E-state index in [4.69, 9.17) is 4.74 Å². The lowest BCUT2D eigenvalue weighted by Gasteiger charge is -2.12. The number of nitrogens with one attached hydrogen (secondary N) is 2. The molecule has 0 aliphatic heterocycles. The minimum absolute atomic E-state index is 0.293. The first-order chi connectivity index (χ1) is 12.9. The average Bonchev–Trinajstić information content (AvgIpc) is 2.65. The van der Waals surface area contributed by atoms with Crippen molar-refractivity contribution < 1.29 is 13.2 Å². The maximum absolute atomic E-state index is 12.7. The van der Waals surface area contributed by atoms with Crippen LogP contribution in [0.25, 0.3) is 0 Å². The summed E-state index contributed by atoms with van der Waals surface area (Å²) in [6.45, 7) is 3.66. The summed E-state index contributed by atoms with van der Waals surface area (Å²) >= 11 is 0. The third-order valence-electron chi connectivity index (χ3n) is 4.13. The smallest absolute Gasteiger partial charge is 0.262 e. The van der Waals surface area contributed by atoms with E-state index in [-0.39, 0.29) is 0 Å². The number of sulfonamides is 1. The van der Waals surface area contributed by atoms with Crippen molar-refractivity contribution in [2.45, 2.75) is 18.7 Å². The number of anilines is 3. The zero-order valence-electron chi connectivity index (χ0n) is 15.5. The van der Waals surface area contributed by atoms with Gasteiger partial charge in [0, 0.05) is 23.1 Å². The summed E-state index contributed by atoms with van der Waals surface area (Å²) in [5, 5.41) is 3.26. The van der Waals surface area contributed by atoms with Crippen LogP contribution in [0.15, 0.2) is 71.6 Å². The third-order valence-corrected chi connectivity index (χ3v) is 5.65. The van der Waals surface area contributed by atoms with E-state index in [1.54, 1.807) is 32.2 Å². The van der Waals surface area contributed by atoms with E-state index >= 15 is 0 Å². The highest BCUT2D eigenvalue weighted by Gasteiger charge is 2.17. The van der Waals surface area contributed by atoms with Gasteiger partial charge in [0.25, 0.3) is 10.0 Å². The molecule has 0 aliphatic carbocycles. The normalized spacial score (nSPS) is 11.1. The van der Waals surface area contributed by atoms with Crippen molar-refractivity contribution in [3.8, 4) is 5.75 Å². The van der Waals surface area contributed by atoms with Crippen LogP contribution >= 0.6 is 0 Å². The summed E-state index contributed by atoms with van der Waals surface area (Å²) in [5.41, 5.74) is 3.85. The number of hydrogen-bond donors (Lipinski definition) is 2. The maximum atomic E-state index is 12.7. The Morgan fingerprint density at radius 2 is 1.52 bits per heavy atom. The molecule has 0 saturated heterocycles. The van der Waals surface area contributed by atoms with Gasteiger partial charge in [0.2, 0.25) is 0 Å². The Bertz CT molecular complexity index is 1050. The molecule has 0 unspecified atom stereocenters. The molecule has 0 fully saturated rings. The van der Waals surface area contributed by atoms with Gasteiger partial charge in [-0.3, -0.25) is 4.72 Å². The topological polar surface area (TPSA) is 67.4 Å². The van der Waals surface area contributed by atoms with Gasteiger partial charge in [0.1, 0.15) is 5.75 Å². The lowest BCUT2D eigenvalue weighted by atomic mass is 10.2. The Labute approximate surface area is 160 Å². The third kappa shape index (κ3) is 4.60. The van der Waals surface area contributed by atoms with Gasteiger partial charge in [-0.05, 0) is 67.4 Å². The standard InChI is InChI=1S/C21H22N2O3S/c1-15-7-8-16(2)21(13-15)27(24,25)23-18-11-9-17(10-12-18)22-19-5-4-6-20(14-19)26-3/h4-14,22-23H,1-3H3. The van der Waals surface area contributed by atoms with Crippen LogP contribution < -0.4 is 14.8 Å². The molecule has 0 bridgehead atoms. The highest BCUT2D eigenvalue weighted by Crippen LogP contribution is 2.24. The number of aryl methyl sites for hydroxylation is 2. The summed E-state index contributed by atoms with van der Waals surface area (Å²) in [7, 11) is -2.01. The molecule has 5 nitrogen and oxygen atoms in total. The highest BCUT2D eigenvalue weighted by atomic mass is 32.2. The molecule has 0 aliphatic rings. The van der Waals surface area contributed by atoms with Gasteiger partial charge in [0.05, 0.1) is 12.0 Å². The van der Waals surface area contributed by atoms with E-state index in [0.717, 1.165) is 22.7 Å². The quantitative estimate of drug-likeness (QED) is 0.639. The largest absolute Gasteiger partial charge is 0.497 e. The fourth-order valence-electron chi connectivity index (χ4n) is 2.70. The first-order valence-corrected chi connectivity index (χ1v) is 9.97. The molecule has 0 radical (unpaired) electrons. The number of ether oxygens (including phenoxy) is 1. The van der Waals surface area contributed by atoms with E-state index in [9.17, 15) is 8.42 Å². The van der Waals surface area contributed by atoms with Crippen molar-refractivity contribution in [3.63, 3.8) is 0 Å². The summed E-state index contributed by atoms with van der Waals surface area (Å²) in [5.74, 6) is 0.762. The Morgan fingerprint density at radius 3 is 2.22 bits per heavy atom. The van der Waals surface area contributed by atoms with Gasteiger partial charge in [0.15, 0.2) is 0 Å². The molecule has 27 heavy (non-hydrogen) atoms. The van der Waals surface area contributed by atoms with Crippen molar-refractivity contribution in [3.05, 3.63) is 77.9 Å². The maximum Gasteiger partial charge on any atom is 0.262 e. The lowest BCUT2D eigenvalue weighted by Crippen LogP contribution is -2.14. The van der Waals surface area contributed by atoms with E-state index < -0.39 is 10.0 Å². The van der Waals surface area contributed by atoms with Gasteiger partial charge < -0.3 is 10.1 Å². The van der Waals surface area contributed by atoms with Crippen LogP contribution in [-0.4, -0.2) is 15.5 Å². The molecule has 0 atom stereocenters. The second-order valence-electron chi connectivity index (χ2n) is 6.31. The summed E-state index contributed by atoms with van der Waals surface area (Å²) in [6, 6.07) is 20.1. The van der Waals surface area contributed by atoms with Crippen LogP contribution in [0.4, 0.5) is 17.1 Å². The number of benzene rings is 3. The van der Waals surface area contributed by atoms with E-state index in [1.807, 2.05) is 55.5 Å². The summed E-state index contributed by atoms with van der Waals surface area (Å²) in [4.78, 5) is 0.293. The molecule has 2 N–H and O–H groups in total. The second kappa shape index (κ2) is 7.72. The SMILES string of the molecule is COc1cccc(Nc2ccc(NS(=O)(=O)c3cc(C)ccc3C)cc2)c1. The average molecular weight is 382 g/mol. The predicted octanol–water partition coefficient (Wildman–Crippen LogP) is 4.86. The Hall–Kier alpha value is -2.99. The molecule has 0 heterocycles. The molecular weight excluding hydrogens is 360 g/mol. The van der Waals surface area contributed by atoms with Crippen molar-refractivity contribution in [2.75, 3.05) is 17.1 Å². The second-order valence-corrected chi connectivity index (χ2v) is 7.96. The number of rotatable bonds is 6. The number of methoxy groups -OCH3 is 1. The molecule has 3 aromatic rings. The molecule has 0 aromatic heterocycles. The molecule has 0 spiro atoms. The lowest BCUT2D eigenvalue weighted by molar-refractivity contribution is 0.415. The fourth-order valence-corrected chi connectivity index (χ4v) is 4.09. The van der Waals surface area contributed by atoms with Crippen LogP contribution in [0, 0.1) is 13.8 Å². The van der Waals surface area contributed by atoms with E-state index in [1.165, 1.54) is 0 Å². The Balaban J connectivity index is 1.76. The summed E-state index contributed by atoms with van der Waals surface area (Å²) in [6.07, 6.45) is 0. The van der Waals surface area contributed by atoms with Gasteiger partial charge in [-0.2, -0.15) is 0 Å². The van der Waals surface area contributed by atoms with E-state index in [2.05, 4.69) is 10.0 Å². The molecule has 3 aromatic carbocycles. The van der Waals surface area contributed by atoms with Crippen molar-refractivity contribution >= 4 is 27.1 Å². The fraction of sp³-hybridized carbons (Fsp3) is 0.143. The predicted molar refractivity (Wildman–Crippen MR) is 109 cm³/mol.